The largest absolute Gasteiger partial charge is 0.493 e. The van der Waals surface area contributed by atoms with Crippen molar-refractivity contribution in [3.63, 3.8) is 0 Å². The average molecular weight is 372 g/mol. The van der Waals surface area contributed by atoms with Crippen molar-refractivity contribution >= 4 is 21.4 Å². The maximum absolute atomic E-state index is 12.6. The molecule has 1 aromatic carbocycles. The summed E-state index contributed by atoms with van der Waals surface area (Å²) in [6, 6.07) is 12.7. The summed E-state index contributed by atoms with van der Waals surface area (Å²) in [4.78, 5) is 5.67. The SMILES string of the molecule is O=S(=O)(NCc1ccnc(-c2cccs2)c1)c1ccc2c(c1)CCO2. The number of nitrogens with zero attached hydrogens (tertiary/aromatic N) is 1. The topological polar surface area (TPSA) is 68.3 Å². The molecule has 0 bridgehead atoms. The highest BCUT2D eigenvalue weighted by atomic mass is 32.2. The standard InChI is InChI=1S/C18H16N2O3S2/c21-25(22,15-3-4-17-14(11-15)6-8-23-17)20-12-13-5-7-19-16(10-13)18-2-1-9-24-18/h1-5,7,9-11,20H,6,8,12H2. The lowest BCUT2D eigenvalue weighted by molar-refractivity contribution is 0.356. The van der Waals surface area contributed by atoms with E-state index in [2.05, 4.69) is 9.71 Å². The Bertz CT molecular complexity index is 999. The molecular weight excluding hydrogens is 356 g/mol. The van der Waals surface area contributed by atoms with Crippen molar-refractivity contribution in [3.8, 4) is 16.3 Å². The molecule has 0 unspecified atom stereocenters. The maximum Gasteiger partial charge on any atom is 0.240 e. The third kappa shape index (κ3) is 3.44. The molecule has 0 saturated heterocycles. The van der Waals surface area contributed by atoms with Gasteiger partial charge in [-0.3, -0.25) is 4.98 Å². The molecule has 3 aromatic rings. The summed E-state index contributed by atoms with van der Waals surface area (Å²) in [5, 5.41) is 1.99. The number of thiophene rings is 1. The van der Waals surface area contributed by atoms with Gasteiger partial charge in [0.05, 0.1) is 22.1 Å². The fraction of sp³-hybridized carbons (Fsp3) is 0.167. The molecule has 3 heterocycles. The fourth-order valence-electron chi connectivity index (χ4n) is 2.74. The van der Waals surface area contributed by atoms with Crippen LogP contribution in [0.1, 0.15) is 11.1 Å². The van der Waals surface area contributed by atoms with E-state index >= 15 is 0 Å². The van der Waals surface area contributed by atoms with Gasteiger partial charge in [-0.25, -0.2) is 13.1 Å². The molecule has 0 saturated carbocycles. The van der Waals surface area contributed by atoms with Crippen LogP contribution in [-0.2, 0) is 23.0 Å². The third-order valence-electron chi connectivity index (χ3n) is 4.04. The van der Waals surface area contributed by atoms with Crippen molar-refractivity contribution in [3.05, 3.63) is 65.2 Å². The molecule has 0 aliphatic carbocycles. The smallest absolute Gasteiger partial charge is 0.240 e. The van der Waals surface area contributed by atoms with Crippen LogP contribution in [0.3, 0.4) is 0 Å². The lowest BCUT2D eigenvalue weighted by atomic mass is 10.2. The quantitative estimate of drug-likeness (QED) is 0.747. The second-order valence-electron chi connectivity index (χ2n) is 5.72. The Labute approximate surface area is 150 Å². The summed E-state index contributed by atoms with van der Waals surface area (Å²) in [7, 11) is -3.57. The Hall–Kier alpha value is -2.22. The molecule has 7 heteroatoms. The number of nitrogens with one attached hydrogen (secondary N) is 1. The number of pyridine rings is 1. The van der Waals surface area contributed by atoms with Gasteiger partial charge in [-0.1, -0.05) is 6.07 Å². The van der Waals surface area contributed by atoms with Crippen LogP contribution in [0.25, 0.3) is 10.6 Å². The van der Waals surface area contributed by atoms with Gasteiger partial charge in [-0.05, 0) is 52.9 Å². The van der Waals surface area contributed by atoms with Gasteiger partial charge >= 0.3 is 0 Å². The predicted octanol–water partition coefficient (Wildman–Crippen LogP) is 3.22. The van der Waals surface area contributed by atoms with Crippen LogP contribution in [0.15, 0.2) is 58.9 Å². The van der Waals surface area contributed by atoms with Crippen LogP contribution < -0.4 is 9.46 Å². The van der Waals surface area contributed by atoms with Crippen LogP contribution in [0, 0.1) is 0 Å². The molecule has 0 atom stereocenters. The van der Waals surface area contributed by atoms with Crippen molar-refractivity contribution in [2.24, 2.45) is 0 Å². The molecule has 5 nitrogen and oxygen atoms in total. The van der Waals surface area contributed by atoms with E-state index in [4.69, 9.17) is 4.74 Å². The molecule has 2 aromatic heterocycles. The number of hydrogen-bond donors (Lipinski definition) is 1. The number of benzene rings is 1. The first-order chi connectivity index (χ1) is 12.1. The van der Waals surface area contributed by atoms with Crippen LogP contribution >= 0.6 is 11.3 Å². The van der Waals surface area contributed by atoms with Crippen LogP contribution in [0.4, 0.5) is 0 Å². The monoisotopic (exact) mass is 372 g/mol. The molecule has 0 radical (unpaired) electrons. The predicted molar refractivity (Wildman–Crippen MR) is 97.2 cm³/mol. The molecule has 4 rings (SSSR count). The Morgan fingerprint density at radius 1 is 1.20 bits per heavy atom. The molecule has 1 aliphatic heterocycles. The van der Waals surface area contributed by atoms with E-state index in [0.717, 1.165) is 33.9 Å². The number of hydrogen-bond acceptors (Lipinski definition) is 5. The van der Waals surface area contributed by atoms with Gasteiger partial charge in [0, 0.05) is 19.2 Å². The lowest BCUT2D eigenvalue weighted by Gasteiger charge is -2.09. The first-order valence-corrected chi connectivity index (χ1v) is 10.2. The third-order valence-corrected chi connectivity index (χ3v) is 6.33. The molecule has 0 spiro atoms. The average Bonchev–Trinajstić information content (AvgIpc) is 3.31. The summed E-state index contributed by atoms with van der Waals surface area (Å²) >= 11 is 1.60. The second-order valence-corrected chi connectivity index (χ2v) is 8.43. The van der Waals surface area contributed by atoms with Gasteiger partial charge < -0.3 is 4.74 Å². The number of rotatable bonds is 5. The van der Waals surface area contributed by atoms with Gasteiger partial charge in [0.2, 0.25) is 10.0 Å². The summed E-state index contributed by atoms with van der Waals surface area (Å²) in [6.45, 7) is 0.825. The van der Waals surface area contributed by atoms with Crippen LogP contribution in [0.2, 0.25) is 0 Å². The Balaban J connectivity index is 1.52. The highest BCUT2D eigenvalue weighted by molar-refractivity contribution is 7.89. The number of sulfonamides is 1. The number of ether oxygens (including phenoxy) is 1. The zero-order valence-electron chi connectivity index (χ0n) is 13.3. The number of fused-ring (bicyclic) bond motifs is 1. The van der Waals surface area contributed by atoms with E-state index in [1.54, 1.807) is 35.7 Å². The van der Waals surface area contributed by atoms with E-state index in [1.165, 1.54) is 0 Å². The van der Waals surface area contributed by atoms with E-state index in [0.29, 0.717) is 6.61 Å². The fourth-order valence-corrected chi connectivity index (χ4v) is 4.50. The zero-order valence-corrected chi connectivity index (χ0v) is 14.9. The first kappa shape index (κ1) is 16.3. The van der Waals surface area contributed by atoms with E-state index in [-0.39, 0.29) is 11.4 Å². The second kappa shape index (κ2) is 6.59. The first-order valence-electron chi connectivity index (χ1n) is 7.86. The van der Waals surface area contributed by atoms with Gasteiger partial charge in [0.25, 0.3) is 0 Å². The summed E-state index contributed by atoms with van der Waals surface area (Å²) in [5.74, 6) is 0.772. The van der Waals surface area contributed by atoms with Crippen LogP contribution in [-0.4, -0.2) is 20.0 Å². The lowest BCUT2D eigenvalue weighted by Crippen LogP contribution is -2.23. The minimum atomic E-state index is -3.57. The molecule has 25 heavy (non-hydrogen) atoms. The van der Waals surface area contributed by atoms with Gasteiger partial charge in [-0.15, -0.1) is 11.3 Å². The van der Waals surface area contributed by atoms with Gasteiger partial charge in [0.1, 0.15) is 5.75 Å². The van der Waals surface area contributed by atoms with Crippen LogP contribution in [0.5, 0.6) is 5.75 Å². The molecule has 0 fully saturated rings. The van der Waals surface area contributed by atoms with Gasteiger partial charge in [0.15, 0.2) is 0 Å². The Kier molecular flexibility index (Phi) is 4.29. The van der Waals surface area contributed by atoms with Crippen molar-refractivity contribution < 1.29 is 13.2 Å². The van der Waals surface area contributed by atoms with Crippen molar-refractivity contribution in [1.29, 1.82) is 0 Å². The van der Waals surface area contributed by atoms with Crippen molar-refractivity contribution in [2.75, 3.05) is 6.61 Å². The summed E-state index contributed by atoms with van der Waals surface area (Å²) in [6.07, 6.45) is 2.44. The van der Waals surface area contributed by atoms with Crippen molar-refractivity contribution in [1.82, 2.24) is 9.71 Å². The maximum atomic E-state index is 12.6. The normalized spacial score (nSPS) is 13.4. The van der Waals surface area contributed by atoms with Gasteiger partial charge in [-0.2, -0.15) is 0 Å². The highest BCUT2D eigenvalue weighted by Gasteiger charge is 2.19. The van der Waals surface area contributed by atoms with Crippen molar-refractivity contribution in [2.45, 2.75) is 17.9 Å². The highest BCUT2D eigenvalue weighted by Crippen LogP contribution is 2.28. The molecule has 128 valence electrons. The molecule has 0 amide bonds. The Morgan fingerprint density at radius 2 is 2.12 bits per heavy atom. The number of aromatic nitrogens is 1. The Morgan fingerprint density at radius 3 is 2.96 bits per heavy atom. The minimum absolute atomic E-state index is 0.219. The molecular formula is C18H16N2O3S2. The summed E-state index contributed by atoms with van der Waals surface area (Å²) < 4.78 is 33.2. The van der Waals surface area contributed by atoms with E-state index in [1.807, 2.05) is 29.6 Å². The molecule has 1 aliphatic rings. The minimum Gasteiger partial charge on any atom is -0.493 e. The summed E-state index contributed by atoms with van der Waals surface area (Å²) in [5.41, 5.74) is 2.65. The zero-order chi connectivity index (χ0) is 17.3. The van der Waals surface area contributed by atoms with E-state index in [9.17, 15) is 8.42 Å². The molecule has 1 N–H and O–H groups in total. The van der Waals surface area contributed by atoms with E-state index < -0.39 is 10.0 Å².